The summed E-state index contributed by atoms with van der Waals surface area (Å²) in [6, 6.07) is 8.95. The van der Waals surface area contributed by atoms with Crippen LogP contribution in [0, 0.1) is 0 Å². The topological polar surface area (TPSA) is 85.9 Å². The molecule has 2 heterocycles. The van der Waals surface area contributed by atoms with Crippen LogP contribution < -0.4 is 16.2 Å². The summed E-state index contributed by atoms with van der Waals surface area (Å²) in [7, 11) is 0. The van der Waals surface area contributed by atoms with E-state index in [1.165, 1.54) is 4.57 Å². The van der Waals surface area contributed by atoms with Crippen molar-refractivity contribution in [3.05, 3.63) is 83.5 Å². The number of allylic oxidation sites excluding steroid dienone is 3. The van der Waals surface area contributed by atoms with Gasteiger partial charge in [-0.25, -0.2) is 9.78 Å². The van der Waals surface area contributed by atoms with Crippen LogP contribution in [-0.4, -0.2) is 21.1 Å². The molecule has 0 atom stereocenters. The first-order chi connectivity index (χ1) is 12.6. The Morgan fingerprint density at radius 3 is 2.81 bits per heavy atom. The monoisotopic (exact) mass is 348 g/mol. The maximum Gasteiger partial charge on any atom is 0.331 e. The van der Waals surface area contributed by atoms with Gasteiger partial charge in [0.25, 0.3) is 0 Å². The van der Waals surface area contributed by atoms with Gasteiger partial charge in [0.05, 0.1) is 11.2 Å². The SMILES string of the molecule is C=C/C(=C\C=C/C)COc1ccc(-n2c(=O)[nH]c3ccnc(N)c32)cc1. The van der Waals surface area contributed by atoms with Gasteiger partial charge in [-0.15, -0.1) is 0 Å². The summed E-state index contributed by atoms with van der Waals surface area (Å²) >= 11 is 0. The van der Waals surface area contributed by atoms with Crippen LogP contribution in [0.5, 0.6) is 5.75 Å². The number of nitrogens with one attached hydrogen (secondary N) is 1. The molecule has 0 radical (unpaired) electrons. The zero-order valence-corrected chi connectivity index (χ0v) is 14.5. The fourth-order valence-electron chi connectivity index (χ4n) is 2.58. The minimum atomic E-state index is -0.267. The van der Waals surface area contributed by atoms with E-state index in [-0.39, 0.29) is 5.69 Å². The van der Waals surface area contributed by atoms with Gasteiger partial charge in [0, 0.05) is 6.20 Å². The molecule has 3 aromatic rings. The second-order valence-electron chi connectivity index (χ2n) is 5.61. The molecular weight excluding hydrogens is 328 g/mol. The Kier molecular flexibility index (Phi) is 5.03. The second-order valence-corrected chi connectivity index (χ2v) is 5.61. The molecule has 0 fully saturated rings. The average Bonchev–Trinajstić information content (AvgIpc) is 3.00. The van der Waals surface area contributed by atoms with Gasteiger partial charge in [0.15, 0.2) is 0 Å². The van der Waals surface area contributed by atoms with E-state index in [2.05, 4.69) is 16.5 Å². The van der Waals surface area contributed by atoms with Gasteiger partial charge in [-0.2, -0.15) is 0 Å². The molecule has 6 heteroatoms. The summed E-state index contributed by atoms with van der Waals surface area (Å²) in [6.45, 7) is 6.14. The van der Waals surface area contributed by atoms with Crippen LogP contribution in [0.15, 0.2) is 77.8 Å². The Morgan fingerprint density at radius 1 is 1.35 bits per heavy atom. The molecule has 0 aliphatic heterocycles. The van der Waals surface area contributed by atoms with Crippen molar-refractivity contribution in [2.24, 2.45) is 0 Å². The molecular formula is C20H20N4O2. The number of hydrogen-bond acceptors (Lipinski definition) is 4. The Labute approximate surface area is 150 Å². The van der Waals surface area contributed by atoms with Crippen LogP contribution in [0.1, 0.15) is 6.92 Å². The van der Waals surface area contributed by atoms with Crippen molar-refractivity contribution in [2.45, 2.75) is 6.92 Å². The normalized spacial score (nSPS) is 12.0. The fraction of sp³-hybridized carbons (Fsp3) is 0.100. The first-order valence-electron chi connectivity index (χ1n) is 8.16. The molecule has 3 N–H and O–H groups in total. The van der Waals surface area contributed by atoms with Gasteiger partial charge in [0.1, 0.15) is 23.7 Å². The number of nitrogen functional groups attached to an aromatic ring is 1. The van der Waals surface area contributed by atoms with Crippen molar-refractivity contribution in [1.82, 2.24) is 14.5 Å². The predicted octanol–water partition coefficient (Wildman–Crippen LogP) is 3.36. The smallest absolute Gasteiger partial charge is 0.331 e. The summed E-state index contributed by atoms with van der Waals surface area (Å²) < 4.78 is 7.27. The first-order valence-corrected chi connectivity index (χ1v) is 8.16. The summed E-state index contributed by atoms with van der Waals surface area (Å²) in [5.41, 5.74) is 8.53. The maximum absolute atomic E-state index is 12.3. The van der Waals surface area contributed by atoms with Crippen molar-refractivity contribution in [1.29, 1.82) is 0 Å². The Morgan fingerprint density at radius 2 is 2.12 bits per heavy atom. The number of imidazole rings is 1. The Bertz CT molecular complexity index is 1040. The number of hydrogen-bond donors (Lipinski definition) is 2. The molecule has 6 nitrogen and oxygen atoms in total. The maximum atomic E-state index is 12.3. The molecule has 0 saturated heterocycles. The molecule has 132 valence electrons. The summed E-state index contributed by atoms with van der Waals surface area (Å²) in [5, 5.41) is 0. The number of ether oxygens (including phenoxy) is 1. The summed E-state index contributed by atoms with van der Waals surface area (Å²) in [4.78, 5) is 19.1. The lowest BCUT2D eigenvalue weighted by molar-refractivity contribution is 0.355. The third-order valence-corrected chi connectivity index (χ3v) is 3.89. The third kappa shape index (κ3) is 3.44. The number of anilines is 1. The van der Waals surface area contributed by atoms with Crippen LogP contribution in [0.2, 0.25) is 0 Å². The molecule has 1 aromatic carbocycles. The number of nitrogens with zero attached hydrogens (tertiary/aromatic N) is 2. The number of H-pyrrole nitrogens is 1. The zero-order valence-electron chi connectivity index (χ0n) is 14.5. The summed E-state index contributed by atoms with van der Waals surface area (Å²) in [5.74, 6) is 0.992. The molecule has 0 unspecified atom stereocenters. The van der Waals surface area contributed by atoms with Crippen LogP contribution >= 0.6 is 0 Å². The number of aromatic nitrogens is 3. The van der Waals surface area contributed by atoms with Gasteiger partial charge in [-0.1, -0.05) is 30.9 Å². The molecule has 0 spiro atoms. The molecule has 0 aliphatic rings. The van der Waals surface area contributed by atoms with E-state index in [1.807, 2.05) is 37.3 Å². The molecule has 0 amide bonds. The molecule has 2 aromatic heterocycles. The second kappa shape index (κ2) is 7.57. The number of fused-ring (bicyclic) bond motifs is 1. The highest BCUT2D eigenvalue weighted by Crippen LogP contribution is 2.21. The van der Waals surface area contributed by atoms with E-state index in [4.69, 9.17) is 10.5 Å². The van der Waals surface area contributed by atoms with Crippen molar-refractivity contribution >= 4 is 16.9 Å². The minimum Gasteiger partial charge on any atom is -0.489 e. The van der Waals surface area contributed by atoms with Gasteiger partial charge in [-0.3, -0.25) is 4.57 Å². The third-order valence-electron chi connectivity index (χ3n) is 3.89. The molecule has 3 rings (SSSR count). The van der Waals surface area contributed by atoms with E-state index in [0.29, 0.717) is 34.9 Å². The van der Waals surface area contributed by atoms with E-state index in [1.54, 1.807) is 30.5 Å². The van der Waals surface area contributed by atoms with Crippen molar-refractivity contribution in [3.63, 3.8) is 0 Å². The van der Waals surface area contributed by atoms with Crippen molar-refractivity contribution in [2.75, 3.05) is 12.3 Å². The Hall–Kier alpha value is -3.54. The number of pyridine rings is 1. The lowest BCUT2D eigenvalue weighted by Gasteiger charge is -2.09. The highest BCUT2D eigenvalue weighted by molar-refractivity contribution is 5.86. The minimum absolute atomic E-state index is 0.267. The van der Waals surface area contributed by atoms with E-state index >= 15 is 0 Å². The van der Waals surface area contributed by atoms with Crippen LogP contribution in [0.4, 0.5) is 5.82 Å². The number of rotatable bonds is 6. The quantitative estimate of drug-likeness (QED) is 0.669. The average molecular weight is 348 g/mol. The molecule has 0 bridgehead atoms. The van der Waals surface area contributed by atoms with Gasteiger partial charge < -0.3 is 15.5 Å². The van der Waals surface area contributed by atoms with Crippen molar-refractivity contribution in [3.8, 4) is 11.4 Å². The molecule has 26 heavy (non-hydrogen) atoms. The van der Waals surface area contributed by atoms with E-state index in [0.717, 1.165) is 5.57 Å². The standard InChI is InChI=1S/C20H20N4O2/c1-3-5-6-14(4-2)13-26-16-9-7-15(8-10-16)24-18-17(23-20(24)25)11-12-22-19(18)21/h3-12H,2,13H2,1H3,(H2,21,22)(H,23,25)/b5-3-,14-6+. The fourth-order valence-corrected chi connectivity index (χ4v) is 2.58. The van der Waals surface area contributed by atoms with Crippen LogP contribution in [-0.2, 0) is 0 Å². The predicted molar refractivity (Wildman–Crippen MR) is 105 cm³/mol. The molecule has 0 saturated carbocycles. The highest BCUT2D eigenvalue weighted by atomic mass is 16.5. The lowest BCUT2D eigenvalue weighted by Crippen LogP contribution is -2.15. The van der Waals surface area contributed by atoms with Gasteiger partial charge in [-0.05, 0) is 42.8 Å². The van der Waals surface area contributed by atoms with E-state index < -0.39 is 0 Å². The van der Waals surface area contributed by atoms with Crippen LogP contribution in [0.3, 0.4) is 0 Å². The number of aromatic amines is 1. The van der Waals surface area contributed by atoms with Crippen LogP contribution in [0.25, 0.3) is 16.7 Å². The largest absolute Gasteiger partial charge is 0.489 e. The number of benzene rings is 1. The van der Waals surface area contributed by atoms with Gasteiger partial charge >= 0.3 is 5.69 Å². The summed E-state index contributed by atoms with van der Waals surface area (Å²) in [6.07, 6.45) is 9.15. The Balaban J connectivity index is 1.86. The highest BCUT2D eigenvalue weighted by Gasteiger charge is 2.12. The lowest BCUT2D eigenvalue weighted by atomic mass is 10.2. The first kappa shape index (κ1) is 17.3. The van der Waals surface area contributed by atoms with Crippen molar-refractivity contribution < 1.29 is 4.74 Å². The number of nitrogens with two attached hydrogens (primary N) is 1. The van der Waals surface area contributed by atoms with Gasteiger partial charge in [0.2, 0.25) is 0 Å². The molecule has 0 aliphatic carbocycles. The zero-order chi connectivity index (χ0) is 18.5. The van der Waals surface area contributed by atoms with E-state index in [9.17, 15) is 4.79 Å².